The van der Waals surface area contributed by atoms with Crippen LogP contribution < -0.4 is 0 Å². The number of carbonyl (C=O) groups excluding carboxylic acids is 1. The number of likely N-dealkylation sites (tertiary alicyclic amines) is 1. The van der Waals surface area contributed by atoms with Gasteiger partial charge in [-0.3, -0.25) is 4.79 Å². The molecule has 1 saturated heterocycles. The minimum Gasteiger partial charge on any atom is -0.381 e. The Bertz CT molecular complexity index is 525. The van der Waals surface area contributed by atoms with Crippen LogP contribution in [-0.4, -0.2) is 37.1 Å². The van der Waals surface area contributed by atoms with E-state index in [0.717, 1.165) is 12.1 Å². The van der Waals surface area contributed by atoms with Gasteiger partial charge >= 0.3 is 6.18 Å². The molecule has 1 aromatic rings. The summed E-state index contributed by atoms with van der Waals surface area (Å²) in [6.07, 6.45) is -2.96. The van der Waals surface area contributed by atoms with Crippen molar-refractivity contribution in [1.82, 2.24) is 4.90 Å². The molecule has 0 bridgehead atoms. The summed E-state index contributed by atoms with van der Waals surface area (Å²) in [5, 5.41) is 0. The summed E-state index contributed by atoms with van der Waals surface area (Å²) >= 11 is 3.15. The summed E-state index contributed by atoms with van der Waals surface area (Å²) in [6.45, 7) is 0.972. The molecule has 0 unspecified atom stereocenters. The van der Waals surface area contributed by atoms with Crippen molar-refractivity contribution in [3.8, 4) is 0 Å². The van der Waals surface area contributed by atoms with Gasteiger partial charge in [-0.15, -0.1) is 0 Å². The molecule has 1 aliphatic rings. The highest BCUT2D eigenvalue weighted by molar-refractivity contribution is 9.10. The molecule has 0 N–H and O–H groups in total. The first-order valence-electron chi connectivity index (χ1n) is 6.51. The summed E-state index contributed by atoms with van der Waals surface area (Å²) < 4.78 is 43.8. The van der Waals surface area contributed by atoms with Gasteiger partial charge in [-0.25, -0.2) is 0 Å². The van der Waals surface area contributed by atoms with Crippen LogP contribution in [0.3, 0.4) is 0 Å². The van der Waals surface area contributed by atoms with Crippen LogP contribution in [0.1, 0.15) is 28.8 Å². The summed E-state index contributed by atoms with van der Waals surface area (Å²) in [4.78, 5) is 13.9. The van der Waals surface area contributed by atoms with Gasteiger partial charge in [0, 0.05) is 24.7 Å². The maximum Gasteiger partial charge on any atom is 0.416 e. The molecule has 0 saturated carbocycles. The smallest absolute Gasteiger partial charge is 0.381 e. The molecule has 2 rings (SSSR count). The molecular weight excluding hydrogens is 351 g/mol. The molecule has 1 fully saturated rings. The van der Waals surface area contributed by atoms with Crippen LogP contribution in [0.5, 0.6) is 0 Å². The van der Waals surface area contributed by atoms with Gasteiger partial charge in [-0.05, 0) is 47.0 Å². The van der Waals surface area contributed by atoms with E-state index >= 15 is 0 Å². The first kappa shape index (κ1) is 16.3. The molecule has 116 valence electrons. The molecule has 3 nitrogen and oxygen atoms in total. The van der Waals surface area contributed by atoms with E-state index in [1.165, 1.54) is 6.07 Å². The average molecular weight is 366 g/mol. The number of piperidine rings is 1. The van der Waals surface area contributed by atoms with Gasteiger partial charge in [0.1, 0.15) is 0 Å². The predicted molar refractivity (Wildman–Crippen MR) is 75.1 cm³/mol. The van der Waals surface area contributed by atoms with Gasteiger partial charge in [0.15, 0.2) is 0 Å². The number of hydrogen-bond donors (Lipinski definition) is 0. The molecule has 0 radical (unpaired) electrons. The summed E-state index contributed by atoms with van der Waals surface area (Å²) in [5.41, 5.74) is -0.776. The lowest BCUT2D eigenvalue weighted by Crippen LogP contribution is -2.40. The van der Waals surface area contributed by atoms with Gasteiger partial charge in [0.05, 0.1) is 17.2 Å². The van der Waals surface area contributed by atoms with Gasteiger partial charge in [-0.1, -0.05) is 0 Å². The van der Waals surface area contributed by atoms with E-state index in [2.05, 4.69) is 15.9 Å². The highest BCUT2D eigenvalue weighted by Crippen LogP contribution is 2.32. The maximum atomic E-state index is 12.7. The third-order valence-electron chi connectivity index (χ3n) is 3.59. The van der Waals surface area contributed by atoms with Crippen LogP contribution >= 0.6 is 15.9 Å². The molecule has 0 aromatic heterocycles. The SMILES string of the molecule is COC1CCN(C(=O)c2cc(C(F)(F)F)ccc2Br)CC1. The zero-order valence-corrected chi connectivity index (χ0v) is 13.0. The number of rotatable bonds is 2. The normalized spacial score (nSPS) is 17.1. The number of ether oxygens (including phenoxy) is 1. The van der Waals surface area contributed by atoms with E-state index in [9.17, 15) is 18.0 Å². The lowest BCUT2D eigenvalue weighted by Gasteiger charge is -2.31. The second-order valence-corrected chi connectivity index (χ2v) is 5.77. The van der Waals surface area contributed by atoms with Crippen molar-refractivity contribution in [3.63, 3.8) is 0 Å². The first-order chi connectivity index (χ1) is 9.82. The molecule has 0 atom stereocenters. The Kier molecular flexibility index (Phi) is 4.93. The van der Waals surface area contributed by atoms with E-state index in [1.54, 1.807) is 12.0 Å². The molecule has 21 heavy (non-hydrogen) atoms. The third-order valence-corrected chi connectivity index (χ3v) is 4.28. The predicted octanol–water partition coefficient (Wildman–Crippen LogP) is 3.72. The highest BCUT2D eigenvalue weighted by Gasteiger charge is 2.32. The van der Waals surface area contributed by atoms with E-state index in [4.69, 9.17) is 4.74 Å². The Morgan fingerprint density at radius 2 is 1.95 bits per heavy atom. The zero-order chi connectivity index (χ0) is 15.6. The van der Waals surface area contributed by atoms with Crippen molar-refractivity contribution >= 4 is 21.8 Å². The number of nitrogens with zero attached hydrogens (tertiary/aromatic N) is 1. The van der Waals surface area contributed by atoms with E-state index in [-0.39, 0.29) is 17.6 Å². The van der Waals surface area contributed by atoms with E-state index in [0.29, 0.717) is 30.4 Å². The zero-order valence-electron chi connectivity index (χ0n) is 11.4. The quantitative estimate of drug-likeness (QED) is 0.799. The fourth-order valence-corrected chi connectivity index (χ4v) is 2.75. The first-order valence-corrected chi connectivity index (χ1v) is 7.31. The lowest BCUT2D eigenvalue weighted by atomic mass is 10.0. The molecular formula is C14H15BrF3NO2. The number of alkyl halides is 3. The van der Waals surface area contributed by atoms with E-state index < -0.39 is 11.7 Å². The number of methoxy groups -OCH3 is 1. The highest BCUT2D eigenvalue weighted by atomic mass is 79.9. The van der Waals surface area contributed by atoms with Gasteiger partial charge in [0.2, 0.25) is 0 Å². The second kappa shape index (κ2) is 6.36. The number of hydrogen-bond acceptors (Lipinski definition) is 2. The van der Waals surface area contributed by atoms with E-state index in [1.807, 2.05) is 0 Å². The maximum absolute atomic E-state index is 12.7. The van der Waals surface area contributed by atoms with Crippen molar-refractivity contribution in [2.75, 3.05) is 20.2 Å². The van der Waals surface area contributed by atoms with Crippen LogP contribution in [0, 0.1) is 0 Å². The van der Waals surface area contributed by atoms with Crippen LogP contribution in [0.4, 0.5) is 13.2 Å². The largest absolute Gasteiger partial charge is 0.416 e. The number of carbonyl (C=O) groups is 1. The number of amides is 1. The van der Waals surface area contributed by atoms with Crippen molar-refractivity contribution in [1.29, 1.82) is 0 Å². The van der Waals surface area contributed by atoms with Crippen LogP contribution in [0.15, 0.2) is 22.7 Å². The summed E-state index contributed by atoms with van der Waals surface area (Å²) in [7, 11) is 1.62. The molecule has 0 aliphatic carbocycles. The fourth-order valence-electron chi connectivity index (χ4n) is 2.33. The van der Waals surface area contributed by atoms with Crippen LogP contribution in [0.25, 0.3) is 0 Å². The molecule has 7 heteroatoms. The summed E-state index contributed by atoms with van der Waals surface area (Å²) in [5.74, 6) is -0.387. The topological polar surface area (TPSA) is 29.5 Å². The minimum atomic E-state index is -4.46. The molecule has 0 spiro atoms. The standard InChI is InChI=1S/C14H15BrF3NO2/c1-21-10-4-6-19(7-5-10)13(20)11-8-9(14(16,17)18)2-3-12(11)15/h2-3,8,10H,4-7H2,1H3. The fraction of sp³-hybridized carbons (Fsp3) is 0.500. The minimum absolute atomic E-state index is 0.0423. The number of benzene rings is 1. The number of halogens is 4. The lowest BCUT2D eigenvalue weighted by molar-refractivity contribution is -0.137. The molecule has 1 aliphatic heterocycles. The monoisotopic (exact) mass is 365 g/mol. The second-order valence-electron chi connectivity index (χ2n) is 4.92. The van der Waals surface area contributed by atoms with Crippen molar-refractivity contribution < 1.29 is 22.7 Å². The average Bonchev–Trinajstić information content (AvgIpc) is 2.46. The molecule has 1 heterocycles. The van der Waals surface area contributed by atoms with Gasteiger partial charge in [-0.2, -0.15) is 13.2 Å². The molecule has 1 amide bonds. The molecule has 1 aromatic carbocycles. The summed E-state index contributed by atoms with van der Waals surface area (Å²) in [6, 6.07) is 3.12. The van der Waals surface area contributed by atoms with Crippen molar-refractivity contribution in [3.05, 3.63) is 33.8 Å². The van der Waals surface area contributed by atoms with Crippen molar-refractivity contribution in [2.24, 2.45) is 0 Å². The van der Waals surface area contributed by atoms with Crippen LogP contribution in [-0.2, 0) is 10.9 Å². The Labute approximate surface area is 129 Å². The Morgan fingerprint density at radius 3 is 2.48 bits per heavy atom. The Morgan fingerprint density at radius 1 is 1.33 bits per heavy atom. The van der Waals surface area contributed by atoms with Gasteiger partial charge in [0.25, 0.3) is 5.91 Å². The third kappa shape index (κ3) is 3.77. The van der Waals surface area contributed by atoms with Crippen molar-refractivity contribution in [2.45, 2.75) is 25.1 Å². The Hall–Kier alpha value is -1.08. The van der Waals surface area contributed by atoms with Gasteiger partial charge < -0.3 is 9.64 Å². The Balaban J connectivity index is 2.19. The van der Waals surface area contributed by atoms with Crippen LogP contribution in [0.2, 0.25) is 0 Å².